The van der Waals surface area contributed by atoms with E-state index in [1.807, 2.05) is 6.07 Å². The Morgan fingerprint density at radius 3 is 3.08 bits per heavy atom. The summed E-state index contributed by atoms with van der Waals surface area (Å²) in [7, 11) is 3.23. The van der Waals surface area contributed by atoms with Gasteiger partial charge in [-0.25, -0.2) is 4.98 Å². The third-order valence-corrected chi connectivity index (χ3v) is 1.30. The fourth-order valence-electron chi connectivity index (χ4n) is 0.754. The number of oxime groups is 1. The van der Waals surface area contributed by atoms with Gasteiger partial charge in [-0.2, -0.15) is 5.26 Å². The standard InChI is InChI=1S/C7H8N4O/c1-11-5-6(3-8)10-7(11)4-9-12-2/h4-5H,1-2H3. The first-order valence-corrected chi connectivity index (χ1v) is 3.28. The molecule has 0 aliphatic rings. The highest BCUT2D eigenvalue weighted by Crippen LogP contribution is 1.96. The predicted molar refractivity (Wildman–Crippen MR) is 42.5 cm³/mol. The molecule has 1 aromatic heterocycles. The van der Waals surface area contributed by atoms with E-state index >= 15 is 0 Å². The number of rotatable bonds is 2. The van der Waals surface area contributed by atoms with Crippen LogP contribution in [-0.2, 0) is 11.9 Å². The van der Waals surface area contributed by atoms with Gasteiger partial charge < -0.3 is 9.40 Å². The smallest absolute Gasteiger partial charge is 0.159 e. The molecular weight excluding hydrogens is 156 g/mol. The lowest BCUT2D eigenvalue weighted by atomic mass is 10.5. The van der Waals surface area contributed by atoms with E-state index < -0.39 is 0 Å². The van der Waals surface area contributed by atoms with Gasteiger partial charge in [0.25, 0.3) is 0 Å². The fourth-order valence-corrected chi connectivity index (χ4v) is 0.754. The Balaban J connectivity index is 2.94. The molecule has 0 bridgehead atoms. The van der Waals surface area contributed by atoms with Crippen LogP contribution in [0.2, 0.25) is 0 Å². The molecule has 0 radical (unpaired) electrons. The van der Waals surface area contributed by atoms with Crippen molar-refractivity contribution in [1.29, 1.82) is 5.26 Å². The van der Waals surface area contributed by atoms with Crippen LogP contribution in [0.1, 0.15) is 11.5 Å². The van der Waals surface area contributed by atoms with Crippen LogP contribution in [-0.4, -0.2) is 22.9 Å². The second kappa shape index (κ2) is 3.53. The van der Waals surface area contributed by atoms with Gasteiger partial charge in [0, 0.05) is 13.2 Å². The first-order chi connectivity index (χ1) is 5.77. The molecule has 0 amide bonds. The summed E-state index contributed by atoms with van der Waals surface area (Å²) in [5, 5.41) is 12.0. The van der Waals surface area contributed by atoms with Crippen LogP contribution >= 0.6 is 0 Å². The van der Waals surface area contributed by atoms with E-state index in [2.05, 4.69) is 15.0 Å². The molecule has 12 heavy (non-hydrogen) atoms. The summed E-state index contributed by atoms with van der Waals surface area (Å²) < 4.78 is 1.70. The molecule has 1 heterocycles. The molecule has 62 valence electrons. The van der Waals surface area contributed by atoms with Gasteiger partial charge in [0.1, 0.15) is 19.4 Å². The largest absolute Gasteiger partial charge is 0.399 e. The Bertz CT molecular complexity index is 334. The third-order valence-electron chi connectivity index (χ3n) is 1.30. The predicted octanol–water partition coefficient (Wildman–Crippen LogP) is 0.272. The lowest BCUT2D eigenvalue weighted by molar-refractivity contribution is 0.215. The lowest BCUT2D eigenvalue weighted by Gasteiger charge is -1.90. The molecule has 0 saturated heterocycles. The van der Waals surface area contributed by atoms with Gasteiger partial charge in [0.05, 0.1) is 0 Å². The highest BCUT2D eigenvalue weighted by Gasteiger charge is 2.00. The maximum Gasteiger partial charge on any atom is 0.159 e. The summed E-state index contributed by atoms with van der Waals surface area (Å²) in [6.45, 7) is 0. The Labute approximate surface area is 69.9 Å². The zero-order valence-corrected chi connectivity index (χ0v) is 6.85. The van der Waals surface area contributed by atoms with Crippen molar-refractivity contribution in [3.8, 4) is 6.07 Å². The molecule has 0 atom stereocenters. The van der Waals surface area contributed by atoms with Gasteiger partial charge in [-0.3, -0.25) is 0 Å². The highest BCUT2D eigenvalue weighted by atomic mass is 16.6. The van der Waals surface area contributed by atoms with Gasteiger partial charge in [-0.15, -0.1) is 0 Å². The van der Waals surface area contributed by atoms with Crippen LogP contribution in [0, 0.1) is 11.3 Å². The highest BCUT2D eigenvalue weighted by molar-refractivity contribution is 5.74. The molecule has 1 aromatic rings. The van der Waals surface area contributed by atoms with Gasteiger partial charge >= 0.3 is 0 Å². The minimum absolute atomic E-state index is 0.370. The van der Waals surface area contributed by atoms with Crippen molar-refractivity contribution in [3.63, 3.8) is 0 Å². The van der Waals surface area contributed by atoms with E-state index in [0.717, 1.165) is 0 Å². The molecular formula is C7H8N4O. The zero-order valence-electron chi connectivity index (χ0n) is 6.85. The zero-order chi connectivity index (χ0) is 8.97. The number of hydrogen-bond acceptors (Lipinski definition) is 4. The SMILES string of the molecule is CON=Cc1nc(C#N)cn1C. The molecule has 0 N–H and O–H groups in total. The Kier molecular flexibility index (Phi) is 2.43. The number of imidazole rings is 1. The van der Waals surface area contributed by atoms with Crippen LogP contribution < -0.4 is 0 Å². The number of aromatic nitrogens is 2. The average Bonchev–Trinajstić information content (AvgIpc) is 2.43. The van der Waals surface area contributed by atoms with Crippen molar-refractivity contribution in [2.75, 3.05) is 7.11 Å². The van der Waals surface area contributed by atoms with Crippen LogP contribution in [0.4, 0.5) is 0 Å². The molecule has 0 fully saturated rings. The van der Waals surface area contributed by atoms with E-state index in [1.54, 1.807) is 17.8 Å². The second-order valence-corrected chi connectivity index (χ2v) is 2.12. The molecule has 1 rings (SSSR count). The monoisotopic (exact) mass is 164 g/mol. The van der Waals surface area contributed by atoms with E-state index in [0.29, 0.717) is 11.5 Å². The quantitative estimate of drug-likeness (QED) is 0.465. The normalized spacial score (nSPS) is 10.1. The molecule has 5 nitrogen and oxygen atoms in total. The van der Waals surface area contributed by atoms with Crippen LogP contribution in [0.3, 0.4) is 0 Å². The van der Waals surface area contributed by atoms with E-state index in [1.165, 1.54) is 13.3 Å². The Morgan fingerprint density at radius 1 is 1.83 bits per heavy atom. The summed E-state index contributed by atoms with van der Waals surface area (Å²) in [5.41, 5.74) is 0.370. The van der Waals surface area contributed by atoms with E-state index in [-0.39, 0.29) is 0 Å². The number of hydrogen-bond donors (Lipinski definition) is 0. The lowest BCUT2D eigenvalue weighted by Crippen LogP contribution is -1.94. The van der Waals surface area contributed by atoms with Gasteiger partial charge in [0.15, 0.2) is 11.5 Å². The molecule has 0 aliphatic carbocycles. The third kappa shape index (κ3) is 1.61. The van der Waals surface area contributed by atoms with Crippen LogP contribution in [0.25, 0.3) is 0 Å². The minimum atomic E-state index is 0.370. The van der Waals surface area contributed by atoms with Crippen molar-refractivity contribution in [2.24, 2.45) is 12.2 Å². The van der Waals surface area contributed by atoms with Crippen molar-refractivity contribution in [1.82, 2.24) is 9.55 Å². The van der Waals surface area contributed by atoms with E-state index in [9.17, 15) is 0 Å². The molecule has 5 heteroatoms. The first-order valence-electron chi connectivity index (χ1n) is 3.28. The fraction of sp³-hybridized carbons (Fsp3) is 0.286. The first kappa shape index (κ1) is 8.27. The second-order valence-electron chi connectivity index (χ2n) is 2.12. The number of nitrogens with zero attached hydrogens (tertiary/aromatic N) is 4. The summed E-state index contributed by atoms with van der Waals surface area (Å²) in [6, 6.07) is 1.93. The van der Waals surface area contributed by atoms with Gasteiger partial charge in [-0.1, -0.05) is 5.16 Å². The minimum Gasteiger partial charge on any atom is -0.399 e. The van der Waals surface area contributed by atoms with Crippen LogP contribution in [0.15, 0.2) is 11.4 Å². The molecule has 0 unspecified atom stereocenters. The molecule has 0 saturated carbocycles. The molecule has 0 aliphatic heterocycles. The Morgan fingerprint density at radius 2 is 2.58 bits per heavy atom. The number of aryl methyl sites for hydroxylation is 1. The topological polar surface area (TPSA) is 63.2 Å². The maximum absolute atomic E-state index is 8.50. The number of nitriles is 1. The summed E-state index contributed by atoms with van der Waals surface area (Å²) >= 11 is 0. The van der Waals surface area contributed by atoms with Gasteiger partial charge in [0.2, 0.25) is 0 Å². The van der Waals surface area contributed by atoms with Crippen molar-refractivity contribution in [3.05, 3.63) is 17.7 Å². The van der Waals surface area contributed by atoms with E-state index in [4.69, 9.17) is 5.26 Å². The molecule has 0 spiro atoms. The summed E-state index contributed by atoms with van der Waals surface area (Å²) in [5.74, 6) is 0.591. The summed E-state index contributed by atoms with van der Waals surface area (Å²) in [4.78, 5) is 8.42. The van der Waals surface area contributed by atoms with Crippen molar-refractivity contribution in [2.45, 2.75) is 0 Å². The summed E-state index contributed by atoms with van der Waals surface area (Å²) in [6.07, 6.45) is 3.07. The Hall–Kier alpha value is -1.83. The van der Waals surface area contributed by atoms with Crippen LogP contribution in [0.5, 0.6) is 0 Å². The average molecular weight is 164 g/mol. The van der Waals surface area contributed by atoms with Gasteiger partial charge in [-0.05, 0) is 0 Å². The maximum atomic E-state index is 8.50. The van der Waals surface area contributed by atoms with Crippen molar-refractivity contribution < 1.29 is 4.84 Å². The molecule has 0 aromatic carbocycles. The van der Waals surface area contributed by atoms with Crippen molar-refractivity contribution >= 4 is 6.21 Å².